The molecule has 8 rings (SSSR count). The number of carbonyl (C=O) groups is 2. The van der Waals surface area contributed by atoms with E-state index in [1.807, 2.05) is 17.4 Å². The number of nitrogens with zero attached hydrogens (tertiary/aromatic N) is 1. The Bertz CT molecular complexity index is 1880. The minimum atomic E-state index is -0.0470. The number of aryl methyl sites for hydroxylation is 2. The molecular weight excluding hydrogens is 621 g/mol. The van der Waals surface area contributed by atoms with E-state index in [-0.39, 0.29) is 35.0 Å². The zero-order valence-corrected chi connectivity index (χ0v) is 29.4. The first-order chi connectivity index (χ1) is 23.0. The summed E-state index contributed by atoms with van der Waals surface area (Å²) < 4.78 is 0. The number of H-pyrrole nitrogens is 1. The minimum Gasteiger partial charge on any atom is -0.355 e. The number of likely N-dealkylation sites (tertiary alicyclic amines) is 1. The average molecular weight is 667 g/mol. The highest BCUT2D eigenvalue weighted by atomic mass is 32.1. The molecule has 2 aromatic carbocycles. The molecule has 4 aromatic rings. The summed E-state index contributed by atoms with van der Waals surface area (Å²) in [5, 5.41) is 7.80. The molecule has 1 saturated carbocycles. The molecule has 48 heavy (non-hydrogen) atoms. The van der Waals surface area contributed by atoms with Crippen LogP contribution in [-0.4, -0.2) is 47.4 Å². The number of amides is 2. The number of hydrogen-bond acceptors (Lipinski definition) is 6. The number of aromatic nitrogens is 1. The van der Waals surface area contributed by atoms with Gasteiger partial charge in [-0.3, -0.25) is 14.5 Å². The van der Waals surface area contributed by atoms with Gasteiger partial charge in [0.25, 0.3) is 0 Å². The van der Waals surface area contributed by atoms with Crippen molar-refractivity contribution in [3.05, 3.63) is 75.2 Å². The van der Waals surface area contributed by atoms with Crippen molar-refractivity contribution in [3.63, 3.8) is 0 Å². The number of aromatic amines is 1. The smallest absolute Gasteiger partial charge is 0.225 e. The molecule has 3 unspecified atom stereocenters. The molecule has 2 amide bonds. The topological polar surface area (TPSA) is 95.7 Å². The van der Waals surface area contributed by atoms with E-state index in [1.165, 1.54) is 42.9 Å². The van der Waals surface area contributed by atoms with Gasteiger partial charge in [0.2, 0.25) is 11.8 Å². The van der Waals surface area contributed by atoms with Gasteiger partial charge in [0.05, 0.1) is 11.6 Å². The van der Waals surface area contributed by atoms with Crippen LogP contribution in [0.2, 0.25) is 0 Å². The quantitative estimate of drug-likeness (QED) is 0.161. The second-order valence-corrected chi connectivity index (χ2v) is 16.6. The molecule has 3 aliphatic heterocycles. The Hall–Kier alpha value is -3.66. The summed E-state index contributed by atoms with van der Waals surface area (Å²) in [5.41, 5.74) is 8.33. The summed E-state index contributed by atoms with van der Waals surface area (Å²) in [6, 6.07) is 15.6. The SMILES string of the molecule is Cc1cc(C)cc(-c2[nH]c3sc(C(C)(C)CC4C5CCC4C(=O)N5)cc3c2[C@H](C)CNC(=O)C2CN(Cc3ccc4c(c3)COO4)C2)c1. The fourth-order valence-corrected chi connectivity index (χ4v) is 9.92. The number of fused-ring (bicyclic) bond motifs is 4. The lowest BCUT2D eigenvalue weighted by molar-refractivity contribution is -0.194. The van der Waals surface area contributed by atoms with E-state index in [9.17, 15) is 9.59 Å². The van der Waals surface area contributed by atoms with Crippen LogP contribution in [0.5, 0.6) is 5.75 Å². The van der Waals surface area contributed by atoms with E-state index in [0.29, 0.717) is 25.1 Å². The molecule has 5 heterocycles. The molecule has 3 N–H and O–H groups in total. The number of thiophene rings is 1. The van der Waals surface area contributed by atoms with Gasteiger partial charge in [-0.05, 0) is 91.5 Å². The van der Waals surface area contributed by atoms with E-state index in [1.54, 1.807) is 0 Å². The van der Waals surface area contributed by atoms with Crippen molar-refractivity contribution in [3.8, 4) is 17.0 Å². The maximum Gasteiger partial charge on any atom is 0.225 e. The molecule has 4 atom stereocenters. The normalized spacial score (nSPS) is 22.9. The van der Waals surface area contributed by atoms with E-state index < -0.39 is 0 Å². The van der Waals surface area contributed by atoms with Crippen LogP contribution in [-0.2, 0) is 33.0 Å². The Morgan fingerprint density at radius 3 is 2.62 bits per heavy atom. The Kier molecular flexibility index (Phi) is 7.92. The maximum atomic E-state index is 13.3. The number of nitrogens with one attached hydrogen (secondary N) is 3. The van der Waals surface area contributed by atoms with Crippen molar-refractivity contribution in [2.75, 3.05) is 19.6 Å². The van der Waals surface area contributed by atoms with Gasteiger partial charge in [0, 0.05) is 59.9 Å². The third-order valence-electron chi connectivity index (χ3n) is 11.2. The summed E-state index contributed by atoms with van der Waals surface area (Å²) in [6.07, 6.45) is 3.13. The van der Waals surface area contributed by atoms with Crippen molar-refractivity contribution in [2.45, 2.75) is 84.4 Å². The van der Waals surface area contributed by atoms with Crippen LogP contribution in [0.1, 0.15) is 78.6 Å². The standard InChI is InChI=1S/C39H46N4O4S/c1-21-10-22(2)12-25(11-21)35-34(29-14-33(48-38(29)42-35)39(4,5)15-30-28-7-8-31(30)41-37(28)45)23(3)16-40-36(44)27-18-43(19-27)17-24-6-9-32-26(13-24)20-46-47-32/h6,9-14,23,27-28,30-31,42H,7-8,15-20H2,1-5H3,(H,40,44)(H,41,45)/t23-,28?,30?,31?/m1/s1. The van der Waals surface area contributed by atoms with Crippen LogP contribution in [0.15, 0.2) is 42.5 Å². The number of piperidine rings is 1. The lowest BCUT2D eigenvalue weighted by atomic mass is 9.77. The maximum absolute atomic E-state index is 13.3. The van der Waals surface area contributed by atoms with Gasteiger partial charge in [0.15, 0.2) is 5.75 Å². The summed E-state index contributed by atoms with van der Waals surface area (Å²) >= 11 is 1.85. The molecule has 4 aliphatic rings. The lowest BCUT2D eigenvalue weighted by Crippen LogP contribution is -2.53. The highest BCUT2D eigenvalue weighted by Crippen LogP contribution is 2.48. The molecule has 2 bridgehead atoms. The molecule has 1 aliphatic carbocycles. The molecule has 9 heteroatoms. The van der Waals surface area contributed by atoms with Gasteiger partial charge in [-0.15, -0.1) is 11.3 Å². The molecular formula is C39H46N4O4S. The predicted octanol–water partition coefficient (Wildman–Crippen LogP) is 6.88. The molecule has 2 aromatic heterocycles. The fourth-order valence-electron chi connectivity index (χ4n) is 8.73. The van der Waals surface area contributed by atoms with Crippen molar-refractivity contribution in [2.24, 2.45) is 17.8 Å². The first-order valence-electron chi connectivity index (χ1n) is 17.5. The van der Waals surface area contributed by atoms with E-state index in [0.717, 1.165) is 55.9 Å². The molecule has 3 fully saturated rings. The van der Waals surface area contributed by atoms with Crippen LogP contribution >= 0.6 is 11.3 Å². The van der Waals surface area contributed by atoms with Gasteiger partial charge in [-0.1, -0.05) is 44.0 Å². The Balaban J connectivity index is 0.984. The third kappa shape index (κ3) is 5.73. The van der Waals surface area contributed by atoms with Crippen LogP contribution in [0.25, 0.3) is 21.5 Å². The third-order valence-corrected chi connectivity index (χ3v) is 12.7. The Morgan fingerprint density at radius 1 is 1.10 bits per heavy atom. The second-order valence-electron chi connectivity index (χ2n) is 15.5. The summed E-state index contributed by atoms with van der Waals surface area (Å²) in [4.78, 5) is 44.7. The van der Waals surface area contributed by atoms with Crippen LogP contribution in [0, 0.1) is 31.6 Å². The van der Waals surface area contributed by atoms with Gasteiger partial charge in [-0.25, -0.2) is 0 Å². The highest BCUT2D eigenvalue weighted by Gasteiger charge is 2.49. The first-order valence-corrected chi connectivity index (χ1v) is 18.3. The van der Waals surface area contributed by atoms with Gasteiger partial charge >= 0.3 is 0 Å². The summed E-state index contributed by atoms with van der Waals surface area (Å²) in [5.74, 6) is 1.88. The zero-order chi connectivity index (χ0) is 33.3. The Morgan fingerprint density at radius 2 is 1.90 bits per heavy atom. The number of benzene rings is 2. The zero-order valence-electron chi connectivity index (χ0n) is 28.6. The largest absolute Gasteiger partial charge is 0.355 e. The van der Waals surface area contributed by atoms with Crippen LogP contribution in [0.4, 0.5) is 0 Å². The van der Waals surface area contributed by atoms with Gasteiger partial charge in [-0.2, -0.15) is 4.89 Å². The van der Waals surface area contributed by atoms with Gasteiger partial charge in [0.1, 0.15) is 11.4 Å². The summed E-state index contributed by atoms with van der Waals surface area (Å²) in [7, 11) is 0. The monoisotopic (exact) mass is 666 g/mol. The van der Waals surface area contributed by atoms with E-state index in [4.69, 9.17) is 9.78 Å². The van der Waals surface area contributed by atoms with Crippen molar-refractivity contribution < 1.29 is 19.4 Å². The first kappa shape index (κ1) is 31.6. The molecule has 252 valence electrons. The molecule has 0 radical (unpaired) electrons. The molecule has 0 spiro atoms. The average Bonchev–Trinajstić information content (AvgIpc) is 3.83. The van der Waals surface area contributed by atoms with Crippen molar-refractivity contribution in [1.82, 2.24) is 20.5 Å². The fraction of sp³-hybridized carbons (Fsp3) is 0.487. The predicted molar refractivity (Wildman–Crippen MR) is 189 cm³/mol. The van der Waals surface area contributed by atoms with Crippen LogP contribution < -0.4 is 15.5 Å². The number of hydrogen-bond donors (Lipinski definition) is 3. The van der Waals surface area contributed by atoms with E-state index in [2.05, 4.69) is 91.5 Å². The Labute approximate surface area is 286 Å². The molecule has 2 saturated heterocycles. The number of rotatable bonds is 10. The van der Waals surface area contributed by atoms with Gasteiger partial charge < -0.3 is 20.5 Å². The van der Waals surface area contributed by atoms with Crippen molar-refractivity contribution >= 4 is 33.4 Å². The van der Waals surface area contributed by atoms with E-state index >= 15 is 0 Å². The van der Waals surface area contributed by atoms with Crippen LogP contribution in [0.3, 0.4) is 0 Å². The van der Waals surface area contributed by atoms with Crippen molar-refractivity contribution in [1.29, 1.82) is 0 Å². The minimum absolute atomic E-state index is 0.00392. The summed E-state index contributed by atoms with van der Waals surface area (Å²) in [6.45, 7) is 14.6. The second kappa shape index (κ2) is 12.0. The molecule has 8 nitrogen and oxygen atoms in total. The highest BCUT2D eigenvalue weighted by molar-refractivity contribution is 7.18. The number of carbonyl (C=O) groups excluding carboxylic acids is 2. The lowest BCUT2D eigenvalue weighted by Gasteiger charge is -2.38.